The zero-order valence-electron chi connectivity index (χ0n) is 21.9. The largest absolute Gasteiger partial charge is 0.497 e. The summed E-state index contributed by atoms with van der Waals surface area (Å²) in [5.41, 5.74) is 6.58. The van der Waals surface area contributed by atoms with Gasteiger partial charge in [0.25, 0.3) is 0 Å². The summed E-state index contributed by atoms with van der Waals surface area (Å²) >= 11 is 0.767. The van der Waals surface area contributed by atoms with E-state index in [1.807, 2.05) is 12.1 Å². The molecule has 3 heterocycles. The average molecular weight is 560 g/mol. The summed E-state index contributed by atoms with van der Waals surface area (Å²) in [6, 6.07) is 11.6. The van der Waals surface area contributed by atoms with Crippen molar-refractivity contribution in [3.63, 3.8) is 0 Å². The zero-order chi connectivity index (χ0) is 27.6. The number of halogens is 3. The molecule has 2 atom stereocenters. The van der Waals surface area contributed by atoms with E-state index in [0.29, 0.717) is 12.0 Å². The normalized spacial score (nSPS) is 19.8. The Labute approximate surface area is 230 Å². The fourth-order valence-corrected chi connectivity index (χ4v) is 6.61. The lowest BCUT2D eigenvalue weighted by Crippen LogP contribution is -2.49. The van der Waals surface area contributed by atoms with Crippen LogP contribution in [0.25, 0.3) is 0 Å². The van der Waals surface area contributed by atoms with Gasteiger partial charge in [0.15, 0.2) is 16.5 Å². The lowest BCUT2D eigenvalue weighted by Gasteiger charge is -2.44. The number of hydrogen-bond donors (Lipinski definition) is 2. The molecular weight excluding hydrogens is 527 g/mol. The van der Waals surface area contributed by atoms with Crippen LogP contribution in [-0.2, 0) is 6.18 Å². The molecule has 1 saturated heterocycles. The maximum Gasteiger partial charge on any atom is 0.434 e. The van der Waals surface area contributed by atoms with E-state index in [4.69, 9.17) is 10.5 Å². The van der Waals surface area contributed by atoms with Crippen LogP contribution in [0.5, 0.6) is 5.75 Å². The van der Waals surface area contributed by atoms with Gasteiger partial charge in [-0.15, -0.1) is 10.2 Å². The number of rotatable bonds is 7. The van der Waals surface area contributed by atoms with E-state index in [-0.39, 0.29) is 27.2 Å². The smallest absolute Gasteiger partial charge is 0.434 e. The summed E-state index contributed by atoms with van der Waals surface area (Å²) in [6.45, 7) is 3.74. The third-order valence-electron chi connectivity index (χ3n) is 7.93. The van der Waals surface area contributed by atoms with Crippen LogP contribution in [0.4, 0.5) is 24.9 Å². The first-order valence-corrected chi connectivity index (χ1v) is 13.9. The molecule has 12 heteroatoms. The van der Waals surface area contributed by atoms with Gasteiger partial charge in [-0.3, -0.25) is 4.98 Å². The Kier molecular flexibility index (Phi) is 7.86. The third kappa shape index (κ3) is 5.91. The van der Waals surface area contributed by atoms with Gasteiger partial charge >= 0.3 is 6.18 Å². The van der Waals surface area contributed by atoms with Crippen molar-refractivity contribution in [3.05, 3.63) is 53.9 Å². The lowest BCUT2D eigenvalue weighted by atomic mass is 9.73. The van der Waals surface area contributed by atoms with E-state index in [2.05, 4.69) is 49.4 Å². The molecule has 3 aromatic rings. The molecule has 0 unspecified atom stereocenters. The molecule has 3 N–H and O–H groups in total. The molecule has 5 rings (SSSR count). The molecule has 1 aliphatic heterocycles. The molecule has 2 fully saturated rings. The number of hydrogen-bond acceptors (Lipinski definition) is 9. The maximum absolute atomic E-state index is 13.3. The minimum atomic E-state index is -4.58. The number of methoxy groups -OCH3 is 1. The first-order chi connectivity index (χ1) is 18.7. The second-order valence-electron chi connectivity index (χ2n) is 10.2. The van der Waals surface area contributed by atoms with E-state index in [9.17, 15) is 13.2 Å². The molecule has 39 heavy (non-hydrogen) atoms. The van der Waals surface area contributed by atoms with E-state index < -0.39 is 11.9 Å². The summed E-state index contributed by atoms with van der Waals surface area (Å²) in [5.74, 6) is 1.31. The molecule has 1 saturated carbocycles. The summed E-state index contributed by atoms with van der Waals surface area (Å²) in [4.78, 5) is 9.85. The number of nitrogen functional groups attached to an aromatic ring is 1. The van der Waals surface area contributed by atoms with Crippen LogP contribution in [0.15, 0.2) is 52.5 Å². The maximum atomic E-state index is 13.3. The SMILES string of the molecule is COc1ccc([C@@H](C)N[C@H]2CCCC23CCN(c2nnc(Sc4cccnc4C(F)(F)F)c(N)n2)CC3)cc1. The molecule has 1 spiro atoms. The minimum absolute atomic E-state index is 0.0518. The second kappa shape index (κ2) is 11.2. The number of benzene rings is 1. The van der Waals surface area contributed by atoms with Crippen LogP contribution in [0.3, 0.4) is 0 Å². The summed E-state index contributed by atoms with van der Waals surface area (Å²) < 4.78 is 45.2. The third-order valence-corrected chi connectivity index (χ3v) is 8.96. The standard InChI is InChI=1S/C27H32F3N7OS/c1-17(18-7-9-19(38-2)10-8-18)33-21-6-3-11-26(21)12-15-37(16-13-26)25-34-23(31)24(35-36-25)39-20-5-4-14-32-22(20)27(28,29)30/h4-5,7-10,14,17,21,33H,3,6,11-13,15-16H2,1-2H3,(H2,31,34,36)/t17-,21+/m1/s1. The number of nitrogens with one attached hydrogen (secondary N) is 1. The fraction of sp³-hybridized carbons (Fsp3) is 0.481. The Morgan fingerprint density at radius 2 is 1.87 bits per heavy atom. The number of piperidine rings is 1. The number of nitrogens with two attached hydrogens (primary N) is 1. The lowest BCUT2D eigenvalue weighted by molar-refractivity contribution is -0.143. The first-order valence-electron chi connectivity index (χ1n) is 13.0. The Balaban J connectivity index is 1.23. The van der Waals surface area contributed by atoms with Crippen molar-refractivity contribution in [2.45, 2.75) is 67.2 Å². The molecule has 2 aromatic heterocycles. The molecule has 2 aliphatic rings. The van der Waals surface area contributed by atoms with Gasteiger partial charge in [-0.25, -0.2) is 0 Å². The molecule has 8 nitrogen and oxygen atoms in total. The monoisotopic (exact) mass is 559 g/mol. The van der Waals surface area contributed by atoms with Crippen LogP contribution in [0, 0.1) is 5.41 Å². The fourth-order valence-electron chi connectivity index (χ4n) is 5.76. The Hall–Kier alpha value is -3.12. The van der Waals surface area contributed by atoms with Gasteiger partial charge in [-0.05, 0) is 67.9 Å². The highest BCUT2D eigenvalue weighted by atomic mass is 32.2. The van der Waals surface area contributed by atoms with Crippen molar-refractivity contribution >= 4 is 23.5 Å². The second-order valence-corrected chi connectivity index (χ2v) is 11.2. The molecule has 0 bridgehead atoms. The highest BCUT2D eigenvalue weighted by molar-refractivity contribution is 7.99. The topological polar surface area (TPSA) is 102 Å². The van der Waals surface area contributed by atoms with Gasteiger partial charge < -0.3 is 20.7 Å². The Morgan fingerprint density at radius 3 is 2.54 bits per heavy atom. The van der Waals surface area contributed by atoms with E-state index in [1.54, 1.807) is 7.11 Å². The molecular formula is C27H32F3N7OS. The molecule has 0 radical (unpaired) electrons. The van der Waals surface area contributed by atoms with Crippen LogP contribution in [0.2, 0.25) is 0 Å². The Morgan fingerprint density at radius 1 is 1.13 bits per heavy atom. The van der Waals surface area contributed by atoms with Gasteiger partial charge in [0.05, 0.1) is 7.11 Å². The van der Waals surface area contributed by atoms with Crippen LogP contribution in [-0.4, -0.2) is 46.4 Å². The summed E-state index contributed by atoms with van der Waals surface area (Å²) in [6.07, 6.45) is 2.02. The van der Waals surface area contributed by atoms with E-state index >= 15 is 0 Å². The van der Waals surface area contributed by atoms with Crippen molar-refractivity contribution in [1.29, 1.82) is 0 Å². The van der Waals surface area contributed by atoms with Gasteiger partial charge in [0, 0.05) is 36.3 Å². The molecule has 1 aromatic carbocycles. The molecule has 0 amide bonds. The highest BCUT2D eigenvalue weighted by Gasteiger charge is 2.45. The Bertz CT molecular complexity index is 1280. The van der Waals surface area contributed by atoms with Crippen LogP contribution < -0.4 is 20.7 Å². The van der Waals surface area contributed by atoms with Crippen molar-refractivity contribution in [1.82, 2.24) is 25.5 Å². The number of ether oxygens (including phenoxy) is 1. The first kappa shape index (κ1) is 27.4. The van der Waals surface area contributed by atoms with Crippen molar-refractivity contribution in [2.75, 3.05) is 30.8 Å². The predicted octanol–water partition coefficient (Wildman–Crippen LogP) is 5.52. The number of aromatic nitrogens is 4. The average Bonchev–Trinajstić information content (AvgIpc) is 3.31. The van der Waals surface area contributed by atoms with E-state index in [0.717, 1.165) is 56.1 Å². The van der Waals surface area contributed by atoms with Gasteiger partial charge in [0.2, 0.25) is 5.95 Å². The van der Waals surface area contributed by atoms with E-state index in [1.165, 1.54) is 30.5 Å². The van der Waals surface area contributed by atoms with Crippen molar-refractivity contribution in [3.8, 4) is 5.75 Å². The van der Waals surface area contributed by atoms with Gasteiger partial charge in [-0.1, -0.05) is 30.3 Å². The summed E-state index contributed by atoms with van der Waals surface area (Å²) in [7, 11) is 1.67. The predicted molar refractivity (Wildman–Crippen MR) is 144 cm³/mol. The number of nitrogens with zero attached hydrogens (tertiary/aromatic N) is 5. The summed E-state index contributed by atoms with van der Waals surface area (Å²) in [5, 5.41) is 12.4. The van der Waals surface area contributed by atoms with Gasteiger partial charge in [0.1, 0.15) is 5.75 Å². The molecule has 208 valence electrons. The number of pyridine rings is 1. The zero-order valence-corrected chi connectivity index (χ0v) is 22.7. The molecule has 1 aliphatic carbocycles. The van der Waals surface area contributed by atoms with Crippen molar-refractivity contribution < 1.29 is 17.9 Å². The number of anilines is 2. The quantitative estimate of drug-likeness (QED) is 0.388. The number of alkyl halides is 3. The minimum Gasteiger partial charge on any atom is -0.497 e. The van der Waals surface area contributed by atoms with Crippen LogP contribution in [0.1, 0.15) is 56.3 Å². The van der Waals surface area contributed by atoms with Crippen molar-refractivity contribution in [2.24, 2.45) is 5.41 Å². The van der Waals surface area contributed by atoms with Crippen LogP contribution >= 0.6 is 11.8 Å². The highest BCUT2D eigenvalue weighted by Crippen LogP contribution is 2.47. The van der Waals surface area contributed by atoms with Gasteiger partial charge in [-0.2, -0.15) is 18.2 Å².